The van der Waals surface area contributed by atoms with Crippen molar-refractivity contribution in [3.63, 3.8) is 0 Å². The van der Waals surface area contributed by atoms with E-state index in [2.05, 4.69) is 12.1 Å². The molecule has 0 saturated carbocycles. The summed E-state index contributed by atoms with van der Waals surface area (Å²) in [6, 6.07) is 18.1. The van der Waals surface area contributed by atoms with Gasteiger partial charge in [0.05, 0.1) is 0 Å². The average Bonchev–Trinajstić information content (AvgIpc) is 2.53. The molecule has 0 N–H and O–H groups in total. The lowest BCUT2D eigenvalue weighted by molar-refractivity contribution is -0.118. The van der Waals surface area contributed by atoms with Gasteiger partial charge >= 0.3 is 0 Å². The molecular weight excluding hydrogens is 272 g/mol. The topological polar surface area (TPSA) is 26.3 Å². The first-order valence-electron chi connectivity index (χ1n) is 7.66. The van der Waals surface area contributed by atoms with Gasteiger partial charge in [0, 0.05) is 23.0 Å². The summed E-state index contributed by atoms with van der Waals surface area (Å²) < 4.78 is 5.93. The first-order chi connectivity index (χ1) is 10.6. The van der Waals surface area contributed by atoms with E-state index in [0.717, 1.165) is 22.4 Å². The van der Waals surface area contributed by atoms with E-state index in [9.17, 15) is 4.79 Å². The lowest BCUT2D eigenvalue weighted by atomic mass is 9.78. The summed E-state index contributed by atoms with van der Waals surface area (Å²) in [5.41, 5.74) is 2.96. The van der Waals surface area contributed by atoms with Crippen LogP contribution in [0.5, 0.6) is 5.75 Å². The Balaban J connectivity index is 2.21. The summed E-state index contributed by atoms with van der Waals surface area (Å²) in [6.07, 6.45) is 0. The maximum absolute atomic E-state index is 12.8. The number of ketones is 1. The minimum Gasteiger partial charge on any atom is -0.461 e. The molecule has 1 aliphatic rings. The molecule has 0 amide bonds. The number of para-hydroxylation sites is 1. The van der Waals surface area contributed by atoms with E-state index < -0.39 is 0 Å². The number of benzene rings is 2. The van der Waals surface area contributed by atoms with Crippen LogP contribution in [0.2, 0.25) is 0 Å². The lowest BCUT2D eigenvalue weighted by Gasteiger charge is -2.30. The van der Waals surface area contributed by atoms with Crippen molar-refractivity contribution in [2.75, 3.05) is 0 Å². The van der Waals surface area contributed by atoms with Crippen LogP contribution in [0, 0.1) is 5.92 Å². The highest BCUT2D eigenvalue weighted by molar-refractivity contribution is 5.99. The molecule has 0 saturated heterocycles. The number of carbonyl (C=O) groups is 1. The maximum atomic E-state index is 12.8. The number of hydrogen-bond donors (Lipinski definition) is 0. The molecule has 1 aliphatic heterocycles. The van der Waals surface area contributed by atoms with Crippen LogP contribution in [-0.4, -0.2) is 5.78 Å². The smallest absolute Gasteiger partial charge is 0.165 e. The Hall–Kier alpha value is -2.35. The minimum atomic E-state index is -0.0546. The molecule has 22 heavy (non-hydrogen) atoms. The van der Waals surface area contributed by atoms with E-state index in [-0.39, 0.29) is 17.6 Å². The van der Waals surface area contributed by atoms with E-state index in [1.807, 2.05) is 63.2 Å². The summed E-state index contributed by atoms with van der Waals surface area (Å²) in [5, 5.41) is 0. The van der Waals surface area contributed by atoms with Crippen molar-refractivity contribution in [2.45, 2.75) is 26.7 Å². The molecular formula is C20H20O2. The third-order valence-electron chi connectivity index (χ3n) is 4.08. The Morgan fingerprint density at radius 2 is 1.64 bits per heavy atom. The average molecular weight is 292 g/mol. The van der Waals surface area contributed by atoms with Gasteiger partial charge in [0.15, 0.2) is 5.78 Å². The van der Waals surface area contributed by atoms with Crippen LogP contribution in [0.4, 0.5) is 0 Å². The van der Waals surface area contributed by atoms with Gasteiger partial charge in [0.2, 0.25) is 0 Å². The van der Waals surface area contributed by atoms with Gasteiger partial charge in [-0.05, 0) is 18.6 Å². The van der Waals surface area contributed by atoms with Gasteiger partial charge in [-0.25, -0.2) is 0 Å². The molecule has 0 aromatic heterocycles. The molecule has 0 bridgehead atoms. The zero-order valence-electron chi connectivity index (χ0n) is 13.2. The highest BCUT2D eigenvalue weighted by Gasteiger charge is 2.33. The second-order valence-corrected chi connectivity index (χ2v) is 5.97. The van der Waals surface area contributed by atoms with Gasteiger partial charge < -0.3 is 4.74 Å². The standard InChI is InChI=1S/C20H20O2/c1-13(2)20(21)18-14(3)22-17-12-8-7-11-16(17)19(18)15-9-5-4-6-10-15/h4-13,19H,1-3H3. The second kappa shape index (κ2) is 5.80. The minimum absolute atomic E-state index is 0.0509. The van der Waals surface area contributed by atoms with Crippen LogP contribution in [-0.2, 0) is 4.79 Å². The van der Waals surface area contributed by atoms with Gasteiger partial charge in [-0.15, -0.1) is 0 Å². The second-order valence-electron chi connectivity index (χ2n) is 5.97. The van der Waals surface area contributed by atoms with Crippen LogP contribution in [0.25, 0.3) is 0 Å². The summed E-state index contributed by atoms with van der Waals surface area (Å²) >= 11 is 0. The maximum Gasteiger partial charge on any atom is 0.165 e. The summed E-state index contributed by atoms with van der Waals surface area (Å²) in [5.74, 6) is 1.60. The van der Waals surface area contributed by atoms with Crippen molar-refractivity contribution in [3.05, 3.63) is 77.1 Å². The van der Waals surface area contributed by atoms with Gasteiger partial charge in [0.25, 0.3) is 0 Å². The molecule has 0 fully saturated rings. The van der Waals surface area contributed by atoms with Crippen molar-refractivity contribution in [3.8, 4) is 5.75 Å². The summed E-state index contributed by atoms with van der Waals surface area (Å²) in [6.45, 7) is 5.76. The number of Topliss-reactive ketones (excluding diaryl/α,β-unsaturated/α-hetero) is 1. The van der Waals surface area contributed by atoms with Gasteiger partial charge in [0.1, 0.15) is 11.5 Å². The largest absolute Gasteiger partial charge is 0.461 e. The van der Waals surface area contributed by atoms with Crippen LogP contribution in [0.15, 0.2) is 65.9 Å². The number of hydrogen-bond acceptors (Lipinski definition) is 2. The third-order valence-corrected chi connectivity index (χ3v) is 4.08. The van der Waals surface area contributed by atoms with Crippen molar-refractivity contribution in [1.82, 2.24) is 0 Å². The number of ether oxygens (including phenoxy) is 1. The Bertz CT molecular complexity index is 726. The van der Waals surface area contributed by atoms with Gasteiger partial charge in [-0.3, -0.25) is 4.79 Å². The molecule has 2 aromatic carbocycles. The van der Waals surface area contributed by atoms with Crippen molar-refractivity contribution in [1.29, 1.82) is 0 Å². The molecule has 0 aliphatic carbocycles. The van der Waals surface area contributed by atoms with Crippen LogP contribution < -0.4 is 4.74 Å². The molecule has 1 atom stereocenters. The van der Waals surface area contributed by atoms with Crippen molar-refractivity contribution < 1.29 is 9.53 Å². The van der Waals surface area contributed by atoms with E-state index >= 15 is 0 Å². The predicted octanol–water partition coefficient (Wildman–Crippen LogP) is 4.71. The van der Waals surface area contributed by atoms with Crippen LogP contribution in [0.3, 0.4) is 0 Å². The molecule has 3 rings (SSSR count). The Labute approximate surface area is 131 Å². The highest BCUT2D eigenvalue weighted by Crippen LogP contribution is 2.43. The quantitative estimate of drug-likeness (QED) is 0.819. The van der Waals surface area contributed by atoms with E-state index in [1.54, 1.807) is 0 Å². The number of carbonyl (C=O) groups excluding carboxylic acids is 1. The highest BCUT2D eigenvalue weighted by atomic mass is 16.5. The van der Waals surface area contributed by atoms with Gasteiger partial charge in [-0.1, -0.05) is 62.4 Å². The first kappa shape index (κ1) is 14.6. The molecule has 0 spiro atoms. The van der Waals surface area contributed by atoms with Gasteiger partial charge in [-0.2, -0.15) is 0 Å². The molecule has 1 heterocycles. The van der Waals surface area contributed by atoms with Crippen LogP contribution in [0.1, 0.15) is 37.8 Å². The Kier molecular flexibility index (Phi) is 3.84. The Morgan fingerprint density at radius 3 is 2.32 bits per heavy atom. The molecule has 0 radical (unpaired) electrons. The molecule has 2 nitrogen and oxygen atoms in total. The fourth-order valence-corrected chi connectivity index (χ4v) is 3.01. The molecule has 2 heteroatoms. The molecule has 2 aromatic rings. The molecule has 1 unspecified atom stereocenters. The van der Waals surface area contributed by atoms with E-state index in [4.69, 9.17) is 4.74 Å². The monoisotopic (exact) mass is 292 g/mol. The third kappa shape index (κ3) is 2.45. The van der Waals surface area contributed by atoms with Crippen LogP contribution >= 0.6 is 0 Å². The number of rotatable bonds is 3. The zero-order chi connectivity index (χ0) is 15.7. The van der Waals surface area contributed by atoms with Crippen molar-refractivity contribution in [2.24, 2.45) is 5.92 Å². The zero-order valence-corrected chi connectivity index (χ0v) is 13.2. The lowest BCUT2D eigenvalue weighted by Crippen LogP contribution is -2.24. The fraction of sp³-hybridized carbons (Fsp3) is 0.250. The number of fused-ring (bicyclic) bond motifs is 1. The summed E-state index contributed by atoms with van der Waals surface area (Å²) in [4.78, 5) is 12.8. The summed E-state index contributed by atoms with van der Waals surface area (Å²) in [7, 11) is 0. The SMILES string of the molecule is CC1=C(C(=O)C(C)C)C(c2ccccc2)c2ccccc2O1. The van der Waals surface area contributed by atoms with E-state index in [1.165, 1.54) is 0 Å². The number of allylic oxidation sites excluding steroid dienone is 2. The van der Waals surface area contributed by atoms with Crippen molar-refractivity contribution >= 4 is 5.78 Å². The molecule has 112 valence electrons. The van der Waals surface area contributed by atoms with E-state index in [0.29, 0.717) is 5.76 Å². The normalized spacial score (nSPS) is 17.2. The Morgan fingerprint density at radius 1 is 1.00 bits per heavy atom. The fourth-order valence-electron chi connectivity index (χ4n) is 3.01. The predicted molar refractivity (Wildman–Crippen MR) is 87.9 cm³/mol. The first-order valence-corrected chi connectivity index (χ1v) is 7.66.